The molecule has 0 aromatic heterocycles. The fourth-order valence-electron chi connectivity index (χ4n) is 4.18. The minimum absolute atomic E-state index is 0.00703. The van der Waals surface area contributed by atoms with E-state index in [9.17, 15) is 15.3 Å². The zero-order valence-electron chi connectivity index (χ0n) is 12.2. The van der Waals surface area contributed by atoms with Crippen LogP contribution in [0.4, 0.5) is 0 Å². The molecule has 3 aliphatic rings. The monoisotopic (exact) mass is 328 g/mol. The first-order chi connectivity index (χ1) is 11.1. The molecule has 3 fully saturated rings. The highest BCUT2D eigenvalue weighted by Crippen LogP contribution is 2.76. The number of hydrogen-bond donors (Lipinski definition) is 0. The van der Waals surface area contributed by atoms with Crippen LogP contribution in [0.5, 0.6) is 0 Å². The van der Waals surface area contributed by atoms with E-state index in [1.54, 1.807) is 24.3 Å². The highest BCUT2D eigenvalue weighted by atomic mass is 35.5. The van der Waals surface area contributed by atoms with Gasteiger partial charge in [-0.2, -0.15) is 10.5 Å². The average Bonchev–Trinajstić information content (AvgIpc) is 2.94. The number of halogens is 1. The lowest BCUT2D eigenvalue weighted by atomic mass is 9.86. The molecule has 0 N–H and O–H groups in total. The highest BCUT2D eigenvalue weighted by molar-refractivity contribution is 6.30. The molecule has 1 saturated carbocycles. The molecule has 2 bridgehead atoms. The van der Waals surface area contributed by atoms with Gasteiger partial charge >= 0.3 is 0 Å². The summed E-state index contributed by atoms with van der Waals surface area (Å²) in [6.45, 7) is 0.460. The second kappa shape index (κ2) is 4.79. The van der Waals surface area contributed by atoms with Crippen LogP contribution in [0, 0.1) is 39.4 Å². The highest BCUT2D eigenvalue weighted by Gasteiger charge is 2.86. The maximum absolute atomic E-state index is 12.9. The minimum Gasteiger partial charge on any atom is -0.349 e. The Morgan fingerprint density at radius 2 is 1.96 bits per heavy atom. The van der Waals surface area contributed by atoms with Crippen molar-refractivity contribution in [3.05, 3.63) is 34.9 Å². The van der Waals surface area contributed by atoms with E-state index in [4.69, 9.17) is 21.1 Å². The van der Waals surface area contributed by atoms with Gasteiger partial charge in [-0.3, -0.25) is 4.79 Å². The first-order valence-corrected chi connectivity index (χ1v) is 7.86. The van der Waals surface area contributed by atoms with Crippen molar-refractivity contribution in [3.63, 3.8) is 0 Å². The Morgan fingerprint density at radius 3 is 2.61 bits per heavy atom. The molecule has 5 nitrogen and oxygen atoms in total. The Hall–Kier alpha value is -1.92. The van der Waals surface area contributed by atoms with E-state index in [1.165, 1.54) is 0 Å². The van der Waals surface area contributed by atoms with Gasteiger partial charge in [-0.25, -0.2) is 0 Å². The number of ether oxygens (including phenoxy) is 2. The second-order valence-electron chi connectivity index (χ2n) is 6.34. The number of benzene rings is 1. The van der Waals surface area contributed by atoms with Crippen LogP contribution in [-0.4, -0.2) is 24.8 Å². The second-order valence-corrected chi connectivity index (χ2v) is 6.77. The molecule has 1 aliphatic carbocycles. The van der Waals surface area contributed by atoms with Crippen molar-refractivity contribution in [2.24, 2.45) is 16.7 Å². The number of carbonyl (C=O) groups is 1. The van der Waals surface area contributed by atoms with Crippen LogP contribution in [-0.2, 0) is 9.47 Å². The third-order valence-electron chi connectivity index (χ3n) is 5.39. The topological polar surface area (TPSA) is 83.1 Å². The molecule has 0 radical (unpaired) electrons. The zero-order chi connectivity index (χ0) is 16.2. The van der Waals surface area contributed by atoms with Crippen LogP contribution in [0.3, 0.4) is 0 Å². The van der Waals surface area contributed by atoms with E-state index in [0.29, 0.717) is 30.0 Å². The van der Waals surface area contributed by atoms with E-state index in [-0.39, 0.29) is 11.9 Å². The SMILES string of the molecule is N#CC1(C#N)[C@H](C(=O)c2ccc(Cl)cc2)[C@]12CC[C@@H]1CO[C@@H]2O1. The molecule has 4 atom stereocenters. The van der Waals surface area contributed by atoms with Gasteiger partial charge in [-0.1, -0.05) is 11.6 Å². The number of rotatable bonds is 2. The number of Topliss-reactive ketones (excluding diaryl/α,β-unsaturated/α-hetero) is 1. The predicted molar refractivity (Wildman–Crippen MR) is 79.2 cm³/mol. The first kappa shape index (κ1) is 14.7. The standard InChI is InChI=1S/C17H13ClN2O3/c18-11-3-1-10(2-4-11)13(21)14-16(8-19,9-20)17(14)6-5-12-7-22-15(17)23-12/h1-4,12,14-15H,5-7H2/t12-,14+,15-,17+/m1/s1. The Kier molecular flexibility index (Phi) is 3.05. The lowest BCUT2D eigenvalue weighted by molar-refractivity contribution is -0.140. The van der Waals surface area contributed by atoms with Crippen LogP contribution < -0.4 is 0 Å². The van der Waals surface area contributed by atoms with Crippen molar-refractivity contribution in [2.75, 3.05) is 6.61 Å². The van der Waals surface area contributed by atoms with Crippen LogP contribution in [0.2, 0.25) is 5.02 Å². The van der Waals surface area contributed by atoms with Crippen molar-refractivity contribution in [1.82, 2.24) is 0 Å². The summed E-state index contributed by atoms with van der Waals surface area (Å²) in [6.07, 6.45) is 0.647. The zero-order valence-corrected chi connectivity index (χ0v) is 12.9. The molecule has 1 spiro atoms. The lowest BCUT2D eigenvalue weighted by Gasteiger charge is -2.29. The number of carbonyl (C=O) groups excluding carboxylic acids is 1. The van der Waals surface area contributed by atoms with E-state index in [0.717, 1.165) is 0 Å². The van der Waals surface area contributed by atoms with Gasteiger partial charge in [-0.05, 0) is 37.1 Å². The van der Waals surface area contributed by atoms with Gasteiger partial charge in [0.1, 0.15) is 0 Å². The van der Waals surface area contributed by atoms with E-state index in [2.05, 4.69) is 12.1 Å². The molecule has 1 aromatic carbocycles. The molecule has 2 aliphatic heterocycles. The van der Waals surface area contributed by atoms with Gasteiger partial charge in [0.05, 0.1) is 36.2 Å². The summed E-state index contributed by atoms with van der Waals surface area (Å²) in [6, 6.07) is 10.7. The fraction of sp³-hybridized carbons (Fsp3) is 0.471. The molecular weight excluding hydrogens is 316 g/mol. The molecular formula is C17H13ClN2O3. The summed E-state index contributed by atoms with van der Waals surface area (Å²) in [7, 11) is 0. The lowest BCUT2D eigenvalue weighted by Crippen LogP contribution is -2.35. The Balaban J connectivity index is 1.75. The Bertz CT molecular complexity index is 750. The number of fused-ring (bicyclic) bond motifs is 3. The third kappa shape index (κ3) is 1.70. The third-order valence-corrected chi connectivity index (χ3v) is 5.64. The van der Waals surface area contributed by atoms with Crippen molar-refractivity contribution in [3.8, 4) is 12.1 Å². The van der Waals surface area contributed by atoms with E-state index >= 15 is 0 Å². The Labute approximate surface area is 138 Å². The maximum atomic E-state index is 12.9. The van der Waals surface area contributed by atoms with Gasteiger partial charge in [0, 0.05) is 10.6 Å². The normalized spacial score (nSPS) is 36.2. The molecule has 2 heterocycles. The van der Waals surface area contributed by atoms with Gasteiger partial charge in [0.15, 0.2) is 17.5 Å². The molecule has 23 heavy (non-hydrogen) atoms. The van der Waals surface area contributed by atoms with Crippen LogP contribution in [0.25, 0.3) is 0 Å². The van der Waals surface area contributed by atoms with Gasteiger partial charge in [-0.15, -0.1) is 0 Å². The predicted octanol–water partition coefficient (Wildman–Crippen LogP) is 2.71. The number of nitrogens with zero attached hydrogens (tertiary/aromatic N) is 2. The van der Waals surface area contributed by atoms with Crippen molar-refractivity contribution < 1.29 is 14.3 Å². The van der Waals surface area contributed by atoms with Crippen LogP contribution >= 0.6 is 11.6 Å². The largest absolute Gasteiger partial charge is 0.349 e. The summed E-state index contributed by atoms with van der Waals surface area (Å²) in [5, 5.41) is 19.8. The van der Waals surface area contributed by atoms with Crippen LogP contribution in [0.1, 0.15) is 23.2 Å². The van der Waals surface area contributed by atoms with Gasteiger partial charge in [0.2, 0.25) is 0 Å². The van der Waals surface area contributed by atoms with Crippen molar-refractivity contribution in [1.29, 1.82) is 10.5 Å². The summed E-state index contributed by atoms with van der Waals surface area (Å²) in [5.41, 5.74) is -1.80. The summed E-state index contributed by atoms with van der Waals surface area (Å²) >= 11 is 5.86. The molecule has 4 rings (SSSR count). The Morgan fingerprint density at radius 1 is 1.26 bits per heavy atom. The number of nitriles is 2. The minimum atomic E-state index is -1.39. The smallest absolute Gasteiger partial charge is 0.169 e. The number of ketones is 1. The molecule has 2 saturated heterocycles. The van der Waals surface area contributed by atoms with Crippen LogP contribution in [0.15, 0.2) is 24.3 Å². The summed E-state index contributed by atoms with van der Waals surface area (Å²) < 4.78 is 11.4. The molecule has 116 valence electrons. The fourth-order valence-corrected chi connectivity index (χ4v) is 4.31. The van der Waals surface area contributed by atoms with Gasteiger partial charge < -0.3 is 9.47 Å². The average molecular weight is 329 g/mol. The molecule has 1 aromatic rings. The molecule has 0 amide bonds. The van der Waals surface area contributed by atoms with E-state index in [1.807, 2.05) is 0 Å². The first-order valence-electron chi connectivity index (χ1n) is 7.48. The van der Waals surface area contributed by atoms with Crippen molar-refractivity contribution in [2.45, 2.75) is 25.2 Å². The van der Waals surface area contributed by atoms with Gasteiger partial charge in [0.25, 0.3) is 0 Å². The quantitative estimate of drug-likeness (QED) is 0.779. The summed E-state index contributed by atoms with van der Waals surface area (Å²) in [5.74, 6) is -0.947. The molecule has 6 heteroatoms. The number of hydrogen-bond acceptors (Lipinski definition) is 5. The van der Waals surface area contributed by atoms with E-state index < -0.39 is 23.0 Å². The van der Waals surface area contributed by atoms with Crippen molar-refractivity contribution >= 4 is 17.4 Å². The molecule has 0 unspecified atom stereocenters. The summed E-state index contributed by atoms with van der Waals surface area (Å²) in [4.78, 5) is 12.9. The maximum Gasteiger partial charge on any atom is 0.169 e.